The van der Waals surface area contributed by atoms with Crippen LogP contribution >= 0.6 is 0 Å². The van der Waals surface area contributed by atoms with Crippen molar-refractivity contribution in [1.82, 2.24) is 0 Å². The summed E-state index contributed by atoms with van der Waals surface area (Å²) >= 11 is 0. The average Bonchev–Trinajstić information content (AvgIpc) is 2.69. The van der Waals surface area contributed by atoms with Crippen molar-refractivity contribution in [3.63, 3.8) is 0 Å². The molecule has 0 radical (unpaired) electrons. The van der Waals surface area contributed by atoms with Crippen LogP contribution in [0.3, 0.4) is 0 Å². The Kier molecular flexibility index (Phi) is 6.01. The molecule has 27 heavy (non-hydrogen) atoms. The van der Waals surface area contributed by atoms with E-state index in [1.807, 2.05) is 0 Å². The molecule has 1 aliphatic rings. The minimum atomic E-state index is -0.264. The Morgan fingerprint density at radius 2 is 1.52 bits per heavy atom. The quantitative estimate of drug-likeness (QED) is 0.758. The fourth-order valence-corrected chi connectivity index (χ4v) is 3.34. The second-order valence-corrected chi connectivity index (χ2v) is 6.99. The van der Waals surface area contributed by atoms with Crippen LogP contribution in [0.15, 0.2) is 48.5 Å². The molecular weight excluding hydrogens is 340 g/mol. The summed E-state index contributed by atoms with van der Waals surface area (Å²) in [6, 6.07) is 13.7. The lowest BCUT2D eigenvalue weighted by Gasteiger charge is -2.20. The highest BCUT2D eigenvalue weighted by molar-refractivity contribution is 6.05. The van der Waals surface area contributed by atoms with Crippen molar-refractivity contribution in [2.45, 2.75) is 39.0 Å². The number of nitrogens with one attached hydrogen (secondary N) is 2. The maximum atomic E-state index is 12.5. The van der Waals surface area contributed by atoms with E-state index in [4.69, 9.17) is 0 Å². The first-order valence-electron chi connectivity index (χ1n) is 9.36. The normalized spacial score (nSPS) is 14.4. The molecule has 0 aromatic heterocycles. The molecule has 5 heteroatoms. The number of hydrogen-bond donors (Lipinski definition) is 2. The van der Waals surface area contributed by atoms with Crippen molar-refractivity contribution in [2.75, 3.05) is 10.6 Å². The van der Waals surface area contributed by atoms with E-state index in [1.54, 1.807) is 48.5 Å². The number of ketones is 1. The molecule has 0 heterocycles. The van der Waals surface area contributed by atoms with Crippen LogP contribution in [0.25, 0.3) is 0 Å². The molecular formula is C22H24N2O3. The predicted octanol–water partition coefficient (Wildman–Crippen LogP) is 4.66. The van der Waals surface area contributed by atoms with Crippen molar-refractivity contribution in [2.24, 2.45) is 5.92 Å². The van der Waals surface area contributed by atoms with Crippen molar-refractivity contribution < 1.29 is 14.4 Å². The Morgan fingerprint density at radius 3 is 2.19 bits per heavy atom. The number of rotatable bonds is 5. The zero-order valence-corrected chi connectivity index (χ0v) is 15.5. The van der Waals surface area contributed by atoms with Crippen LogP contribution in [0.4, 0.5) is 11.4 Å². The second kappa shape index (κ2) is 8.62. The van der Waals surface area contributed by atoms with Crippen molar-refractivity contribution >= 4 is 29.0 Å². The molecule has 0 aliphatic heterocycles. The van der Waals surface area contributed by atoms with E-state index in [9.17, 15) is 14.4 Å². The molecule has 0 saturated heterocycles. The van der Waals surface area contributed by atoms with Crippen LogP contribution in [-0.4, -0.2) is 17.6 Å². The van der Waals surface area contributed by atoms with E-state index in [2.05, 4.69) is 10.6 Å². The zero-order chi connectivity index (χ0) is 19.2. The minimum Gasteiger partial charge on any atom is -0.326 e. The number of hydrogen-bond acceptors (Lipinski definition) is 3. The highest BCUT2D eigenvalue weighted by Crippen LogP contribution is 2.25. The predicted molar refractivity (Wildman–Crippen MR) is 106 cm³/mol. The zero-order valence-electron chi connectivity index (χ0n) is 15.5. The fourth-order valence-electron chi connectivity index (χ4n) is 3.34. The molecule has 2 aromatic carbocycles. The summed E-state index contributed by atoms with van der Waals surface area (Å²) < 4.78 is 0. The Morgan fingerprint density at radius 1 is 0.815 bits per heavy atom. The van der Waals surface area contributed by atoms with E-state index < -0.39 is 0 Å². The number of amides is 2. The van der Waals surface area contributed by atoms with Gasteiger partial charge in [0.2, 0.25) is 5.91 Å². The summed E-state index contributed by atoms with van der Waals surface area (Å²) in [4.78, 5) is 36.2. The Balaban J connectivity index is 1.64. The number of carbonyl (C=O) groups is 3. The van der Waals surface area contributed by atoms with E-state index in [-0.39, 0.29) is 23.5 Å². The van der Waals surface area contributed by atoms with Gasteiger partial charge in [-0.15, -0.1) is 0 Å². The summed E-state index contributed by atoms with van der Waals surface area (Å²) in [7, 11) is 0. The first-order valence-corrected chi connectivity index (χ1v) is 9.36. The third-order valence-electron chi connectivity index (χ3n) is 4.92. The summed E-state index contributed by atoms with van der Waals surface area (Å²) in [5.41, 5.74) is 2.30. The van der Waals surface area contributed by atoms with Gasteiger partial charge in [-0.1, -0.05) is 25.3 Å². The molecule has 3 rings (SSSR count). The van der Waals surface area contributed by atoms with Crippen LogP contribution in [0.5, 0.6) is 0 Å². The largest absolute Gasteiger partial charge is 0.326 e. The smallest absolute Gasteiger partial charge is 0.255 e. The van der Waals surface area contributed by atoms with Gasteiger partial charge in [0.1, 0.15) is 0 Å². The van der Waals surface area contributed by atoms with Gasteiger partial charge in [-0.05, 0) is 62.2 Å². The highest BCUT2D eigenvalue weighted by atomic mass is 16.2. The molecule has 0 bridgehead atoms. The fraction of sp³-hybridized carbons (Fsp3) is 0.318. The molecule has 1 fully saturated rings. The number of anilines is 2. The maximum Gasteiger partial charge on any atom is 0.255 e. The SMILES string of the molecule is CC(=O)c1ccc(NC(=O)c2cccc(NC(=O)C3CCCCC3)c2)cc1. The summed E-state index contributed by atoms with van der Waals surface area (Å²) in [5.74, 6) is -0.184. The van der Waals surface area contributed by atoms with Crippen LogP contribution in [0.1, 0.15) is 59.7 Å². The third-order valence-corrected chi connectivity index (χ3v) is 4.92. The molecule has 0 spiro atoms. The average molecular weight is 364 g/mol. The first kappa shape index (κ1) is 18.8. The minimum absolute atomic E-state index is 0.0192. The molecule has 2 amide bonds. The van der Waals surface area contributed by atoms with Crippen LogP contribution in [0, 0.1) is 5.92 Å². The summed E-state index contributed by atoms with van der Waals surface area (Å²) in [5, 5.41) is 5.74. The van der Waals surface area contributed by atoms with Gasteiger partial charge in [-0.25, -0.2) is 0 Å². The molecule has 1 aliphatic carbocycles. The van der Waals surface area contributed by atoms with Gasteiger partial charge in [-0.2, -0.15) is 0 Å². The maximum absolute atomic E-state index is 12.5. The Labute approximate surface area is 159 Å². The van der Waals surface area contributed by atoms with Crippen molar-refractivity contribution in [3.05, 3.63) is 59.7 Å². The van der Waals surface area contributed by atoms with Crippen molar-refractivity contribution in [3.8, 4) is 0 Å². The number of Topliss-reactive ketones (excluding diaryl/α,β-unsaturated/α-hetero) is 1. The summed E-state index contributed by atoms with van der Waals surface area (Å²) in [6.45, 7) is 1.50. The van der Waals surface area contributed by atoms with Gasteiger partial charge in [0.25, 0.3) is 5.91 Å². The van der Waals surface area contributed by atoms with E-state index >= 15 is 0 Å². The topological polar surface area (TPSA) is 75.3 Å². The summed E-state index contributed by atoms with van der Waals surface area (Å²) in [6.07, 6.45) is 5.27. The number of benzene rings is 2. The molecule has 1 saturated carbocycles. The standard InChI is InChI=1S/C22H24N2O3/c1-15(25)16-10-12-19(13-11-16)23-22(27)18-8-5-9-20(14-18)24-21(26)17-6-3-2-4-7-17/h5,8-14,17H,2-4,6-7H2,1H3,(H,23,27)(H,24,26). The lowest BCUT2D eigenvalue weighted by Crippen LogP contribution is -2.24. The molecule has 5 nitrogen and oxygen atoms in total. The van der Waals surface area contributed by atoms with Gasteiger partial charge in [-0.3, -0.25) is 14.4 Å². The Bertz CT molecular complexity index is 837. The monoisotopic (exact) mass is 364 g/mol. The van der Waals surface area contributed by atoms with E-state index in [0.29, 0.717) is 22.5 Å². The second-order valence-electron chi connectivity index (χ2n) is 6.99. The van der Waals surface area contributed by atoms with Gasteiger partial charge in [0.05, 0.1) is 0 Å². The molecule has 0 atom stereocenters. The molecule has 140 valence electrons. The highest BCUT2D eigenvalue weighted by Gasteiger charge is 2.21. The van der Waals surface area contributed by atoms with Crippen molar-refractivity contribution in [1.29, 1.82) is 0 Å². The lowest BCUT2D eigenvalue weighted by atomic mass is 9.88. The van der Waals surface area contributed by atoms with Crippen LogP contribution in [-0.2, 0) is 4.79 Å². The third kappa shape index (κ3) is 5.03. The van der Waals surface area contributed by atoms with E-state index in [1.165, 1.54) is 13.3 Å². The van der Waals surface area contributed by atoms with Gasteiger partial charge in [0.15, 0.2) is 5.78 Å². The van der Waals surface area contributed by atoms with Gasteiger partial charge in [0, 0.05) is 28.4 Å². The van der Waals surface area contributed by atoms with Gasteiger partial charge < -0.3 is 10.6 Å². The Hall–Kier alpha value is -2.95. The van der Waals surface area contributed by atoms with Crippen LogP contribution in [0.2, 0.25) is 0 Å². The first-order chi connectivity index (χ1) is 13.0. The molecule has 2 N–H and O–H groups in total. The van der Waals surface area contributed by atoms with Crippen LogP contribution < -0.4 is 10.6 Å². The molecule has 0 unspecified atom stereocenters. The van der Waals surface area contributed by atoms with Gasteiger partial charge >= 0.3 is 0 Å². The molecule has 2 aromatic rings. The lowest BCUT2D eigenvalue weighted by molar-refractivity contribution is -0.120. The number of carbonyl (C=O) groups excluding carboxylic acids is 3. The van der Waals surface area contributed by atoms with E-state index in [0.717, 1.165) is 25.7 Å².